The number of non-ortho nitro benzene ring substituents is 1. The van der Waals surface area contributed by atoms with Gasteiger partial charge in [0.2, 0.25) is 0 Å². The number of carbonyl (C=O) groups excluding carboxylic acids is 1. The molecule has 1 unspecified atom stereocenters. The molecule has 0 aromatic heterocycles. The number of nitrogens with zero attached hydrogens (tertiary/aromatic N) is 2. The summed E-state index contributed by atoms with van der Waals surface area (Å²) in [4.78, 5) is 24.3. The number of nitro groups is 1. The van der Waals surface area contributed by atoms with Crippen molar-refractivity contribution < 1.29 is 19.0 Å². The minimum atomic E-state index is -1.13. The van der Waals surface area contributed by atoms with E-state index in [1.807, 2.05) is 6.08 Å². The number of hydrogen-bond acceptors (Lipinski definition) is 5. The highest BCUT2D eigenvalue weighted by Crippen LogP contribution is 2.29. The van der Waals surface area contributed by atoms with E-state index in [0.717, 1.165) is 11.1 Å². The largest absolute Gasteiger partial charge is 0.616 e. The van der Waals surface area contributed by atoms with Crippen LogP contribution in [0.15, 0.2) is 24.3 Å². The topological polar surface area (TPSA) is 95.7 Å². The maximum absolute atomic E-state index is 12.2. The van der Waals surface area contributed by atoms with Gasteiger partial charge in [0.25, 0.3) is 5.69 Å². The molecule has 1 aromatic rings. The molecule has 8 heteroatoms. The molecule has 0 spiro atoms. The molecule has 0 aliphatic carbocycles. The van der Waals surface area contributed by atoms with Crippen molar-refractivity contribution in [3.8, 4) is 0 Å². The maximum atomic E-state index is 12.2. The Morgan fingerprint density at radius 3 is 2.64 bits per heavy atom. The summed E-state index contributed by atoms with van der Waals surface area (Å²) in [5.74, 6) is 0.223. The fourth-order valence-corrected chi connectivity index (χ4v) is 3.24. The Bertz CT molecular complexity index is 709. The molecule has 0 N–H and O–H groups in total. The molecule has 1 heterocycles. The Balaban J connectivity index is 2.21. The van der Waals surface area contributed by atoms with E-state index < -0.39 is 27.8 Å². The van der Waals surface area contributed by atoms with Crippen molar-refractivity contribution in [2.45, 2.75) is 32.1 Å². The highest BCUT2D eigenvalue weighted by atomic mass is 32.2. The summed E-state index contributed by atoms with van der Waals surface area (Å²) in [7, 11) is 0. The van der Waals surface area contributed by atoms with Gasteiger partial charge in [0.05, 0.1) is 11.2 Å². The van der Waals surface area contributed by atoms with Gasteiger partial charge in [-0.15, -0.1) is 0 Å². The van der Waals surface area contributed by atoms with Crippen LogP contribution >= 0.6 is 0 Å². The van der Waals surface area contributed by atoms with Crippen LogP contribution in [0.1, 0.15) is 31.9 Å². The minimum Gasteiger partial charge on any atom is -0.616 e. The highest BCUT2D eigenvalue weighted by molar-refractivity contribution is 7.89. The summed E-state index contributed by atoms with van der Waals surface area (Å²) >= 11 is -1.13. The monoisotopic (exact) mass is 366 g/mol. The molecule has 1 aliphatic heterocycles. The van der Waals surface area contributed by atoms with Crippen LogP contribution in [0.2, 0.25) is 0 Å². The number of rotatable bonds is 4. The average Bonchev–Trinajstić information content (AvgIpc) is 2.94. The first-order valence-corrected chi connectivity index (χ1v) is 9.54. The first-order chi connectivity index (χ1) is 11.6. The van der Waals surface area contributed by atoms with Gasteiger partial charge in [-0.3, -0.25) is 10.1 Å². The third-order valence-corrected chi connectivity index (χ3v) is 4.29. The number of carbonyl (C=O) groups is 1. The van der Waals surface area contributed by atoms with Crippen LogP contribution in [-0.2, 0) is 21.7 Å². The molecule has 7 nitrogen and oxygen atoms in total. The lowest BCUT2D eigenvalue weighted by Crippen LogP contribution is -2.35. The second kappa shape index (κ2) is 7.45. The molecule has 1 atom stereocenters. The molecule has 1 aromatic carbocycles. The van der Waals surface area contributed by atoms with E-state index in [2.05, 4.69) is 0 Å². The summed E-state index contributed by atoms with van der Waals surface area (Å²) in [6.45, 7) is 6.19. The van der Waals surface area contributed by atoms with Crippen molar-refractivity contribution in [3.63, 3.8) is 0 Å². The molecule has 0 saturated heterocycles. The molecule has 2 rings (SSSR count). The molecular formula is C17H22N2O5S. The van der Waals surface area contributed by atoms with E-state index in [1.54, 1.807) is 38.0 Å². The van der Waals surface area contributed by atoms with Gasteiger partial charge in [-0.2, -0.15) is 0 Å². The lowest BCUT2D eigenvalue weighted by molar-refractivity contribution is -0.384. The summed E-state index contributed by atoms with van der Waals surface area (Å²) in [5.41, 5.74) is 1.70. The van der Waals surface area contributed by atoms with Gasteiger partial charge in [0, 0.05) is 30.8 Å². The fraction of sp³-hybridized carbons (Fsp3) is 0.471. The van der Waals surface area contributed by atoms with Crippen molar-refractivity contribution in [1.82, 2.24) is 4.90 Å². The Labute approximate surface area is 150 Å². The van der Waals surface area contributed by atoms with Crippen LogP contribution in [0.25, 0.3) is 5.57 Å². The number of amides is 1. The van der Waals surface area contributed by atoms with E-state index in [1.165, 1.54) is 12.1 Å². The van der Waals surface area contributed by atoms with Gasteiger partial charge in [-0.1, -0.05) is 17.3 Å². The standard InChI is InChI=1S/C17H22N2O5S/c1-17(2,3)24-16(20)18-8-7-12(10-18)15-6-5-14(19(21)22)9-13(15)11-25(4)23/h5-7,9H,8,10-11H2,1-4H3. The summed E-state index contributed by atoms with van der Waals surface area (Å²) in [5, 5.41) is 11.0. The Morgan fingerprint density at radius 2 is 2.08 bits per heavy atom. The van der Waals surface area contributed by atoms with Gasteiger partial charge in [0.15, 0.2) is 0 Å². The normalized spacial score (nSPS) is 15.7. The Hall–Kier alpha value is -2.06. The van der Waals surface area contributed by atoms with Crippen LogP contribution in [0.5, 0.6) is 0 Å². The molecule has 136 valence electrons. The molecule has 25 heavy (non-hydrogen) atoms. The van der Waals surface area contributed by atoms with Crippen molar-refractivity contribution in [3.05, 3.63) is 45.5 Å². The molecule has 0 radical (unpaired) electrons. The fourth-order valence-electron chi connectivity index (χ4n) is 2.56. The predicted molar refractivity (Wildman–Crippen MR) is 96.7 cm³/mol. The first kappa shape index (κ1) is 19.3. The lowest BCUT2D eigenvalue weighted by Gasteiger charge is -2.24. The number of hydrogen-bond donors (Lipinski definition) is 0. The zero-order valence-electron chi connectivity index (χ0n) is 14.8. The quantitative estimate of drug-likeness (QED) is 0.463. The van der Waals surface area contributed by atoms with Gasteiger partial charge in [-0.25, -0.2) is 4.79 Å². The SMILES string of the molecule is C[S+]([O-])Cc1cc([N+](=O)[O-])ccc1C1=CCN(C(=O)OC(C)(C)C)C1. The zero-order chi connectivity index (χ0) is 18.8. The minimum absolute atomic E-state index is 0.0354. The van der Waals surface area contributed by atoms with Crippen LogP contribution in [0, 0.1) is 10.1 Å². The third-order valence-electron chi connectivity index (χ3n) is 3.58. The van der Waals surface area contributed by atoms with Gasteiger partial charge in [-0.05, 0) is 38.0 Å². The average molecular weight is 366 g/mol. The van der Waals surface area contributed by atoms with Crippen molar-refractivity contribution in [2.75, 3.05) is 19.3 Å². The molecule has 0 bridgehead atoms. The lowest BCUT2D eigenvalue weighted by atomic mass is 10.0. The molecule has 0 fully saturated rings. The second-order valence-corrected chi connectivity index (χ2v) is 8.34. The third kappa shape index (κ3) is 5.20. The summed E-state index contributed by atoms with van der Waals surface area (Å²) in [6.07, 6.45) is 3.05. The van der Waals surface area contributed by atoms with Crippen LogP contribution in [0.4, 0.5) is 10.5 Å². The summed E-state index contributed by atoms with van der Waals surface area (Å²) < 4.78 is 17.0. The van der Waals surface area contributed by atoms with E-state index in [0.29, 0.717) is 18.7 Å². The van der Waals surface area contributed by atoms with Gasteiger partial charge in [0.1, 0.15) is 11.4 Å². The van der Waals surface area contributed by atoms with E-state index in [9.17, 15) is 19.5 Å². The summed E-state index contributed by atoms with van der Waals surface area (Å²) in [6, 6.07) is 4.53. The number of ether oxygens (including phenoxy) is 1. The predicted octanol–water partition coefficient (Wildman–Crippen LogP) is 3.11. The molecule has 1 aliphatic rings. The first-order valence-electron chi connectivity index (χ1n) is 7.81. The Morgan fingerprint density at radius 1 is 1.40 bits per heavy atom. The van der Waals surface area contributed by atoms with Crippen LogP contribution in [-0.4, -0.2) is 45.4 Å². The van der Waals surface area contributed by atoms with Crippen molar-refractivity contribution >= 4 is 28.5 Å². The maximum Gasteiger partial charge on any atom is 0.410 e. The van der Waals surface area contributed by atoms with Crippen LogP contribution in [0.3, 0.4) is 0 Å². The van der Waals surface area contributed by atoms with E-state index in [4.69, 9.17) is 4.74 Å². The molecular weight excluding hydrogens is 344 g/mol. The van der Waals surface area contributed by atoms with Crippen LogP contribution < -0.4 is 0 Å². The second-order valence-electron chi connectivity index (χ2n) is 6.91. The van der Waals surface area contributed by atoms with Gasteiger partial charge < -0.3 is 14.2 Å². The number of nitro benzene ring substituents is 1. The van der Waals surface area contributed by atoms with E-state index >= 15 is 0 Å². The highest BCUT2D eigenvalue weighted by Gasteiger charge is 2.27. The smallest absolute Gasteiger partial charge is 0.410 e. The van der Waals surface area contributed by atoms with Crippen molar-refractivity contribution in [1.29, 1.82) is 0 Å². The number of benzene rings is 1. The molecule has 0 saturated carbocycles. The Kier molecular flexibility index (Phi) is 5.74. The van der Waals surface area contributed by atoms with E-state index in [-0.39, 0.29) is 11.4 Å². The van der Waals surface area contributed by atoms with Gasteiger partial charge >= 0.3 is 6.09 Å². The zero-order valence-corrected chi connectivity index (χ0v) is 15.6. The molecule has 1 amide bonds. The van der Waals surface area contributed by atoms with Crippen molar-refractivity contribution in [2.24, 2.45) is 0 Å².